The summed E-state index contributed by atoms with van der Waals surface area (Å²) in [7, 11) is 1.09. The number of ketones is 1. The molecule has 2 N–H and O–H groups in total. The van der Waals surface area contributed by atoms with E-state index in [1.54, 1.807) is 0 Å². The van der Waals surface area contributed by atoms with Gasteiger partial charge in [0.15, 0.2) is 17.3 Å². The van der Waals surface area contributed by atoms with Gasteiger partial charge in [-0.3, -0.25) is 4.79 Å². The van der Waals surface area contributed by atoms with Gasteiger partial charge in [-0.25, -0.2) is 9.18 Å². The molecule has 0 fully saturated rings. The van der Waals surface area contributed by atoms with E-state index in [-0.39, 0.29) is 0 Å². The summed E-state index contributed by atoms with van der Waals surface area (Å²) in [5.41, 5.74) is -0.513. The zero-order valence-electron chi connectivity index (χ0n) is 7.65. The molecule has 0 unspecified atom stereocenters. The standard InChI is InChI=1S/C9H7FO5/c1-15-8-5(10)3-2-4(6(8)11)7(12)9(13)14/h2-3,11H,1H3,(H,13,14). The highest BCUT2D eigenvalue weighted by Crippen LogP contribution is 2.32. The van der Waals surface area contributed by atoms with E-state index in [9.17, 15) is 19.1 Å². The molecule has 0 saturated carbocycles. The number of methoxy groups -OCH3 is 1. The summed E-state index contributed by atoms with van der Waals surface area (Å²) >= 11 is 0. The van der Waals surface area contributed by atoms with Crippen LogP contribution in [0.3, 0.4) is 0 Å². The Hall–Kier alpha value is -2.11. The maximum Gasteiger partial charge on any atom is 0.377 e. The minimum atomic E-state index is -1.74. The van der Waals surface area contributed by atoms with E-state index < -0.39 is 34.6 Å². The Morgan fingerprint density at radius 3 is 2.47 bits per heavy atom. The van der Waals surface area contributed by atoms with E-state index >= 15 is 0 Å². The number of hydrogen-bond acceptors (Lipinski definition) is 4. The first-order chi connectivity index (χ1) is 6.99. The molecule has 15 heavy (non-hydrogen) atoms. The van der Waals surface area contributed by atoms with Crippen LogP contribution in [-0.4, -0.2) is 29.1 Å². The van der Waals surface area contributed by atoms with E-state index in [2.05, 4.69) is 4.74 Å². The Kier molecular flexibility index (Phi) is 2.89. The van der Waals surface area contributed by atoms with Crippen LogP contribution < -0.4 is 4.74 Å². The van der Waals surface area contributed by atoms with Crippen molar-refractivity contribution in [3.63, 3.8) is 0 Å². The van der Waals surface area contributed by atoms with Gasteiger partial charge in [0.2, 0.25) is 0 Å². The van der Waals surface area contributed by atoms with Crippen LogP contribution in [0.1, 0.15) is 10.4 Å². The van der Waals surface area contributed by atoms with Crippen molar-refractivity contribution >= 4 is 11.8 Å². The molecule has 0 radical (unpaired) electrons. The van der Waals surface area contributed by atoms with Crippen LogP contribution in [0.15, 0.2) is 12.1 Å². The SMILES string of the molecule is COc1c(F)ccc(C(=O)C(=O)O)c1O. The van der Waals surface area contributed by atoms with Crippen molar-refractivity contribution in [1.29, 1.82) is 0 Å². The van der Waals surface area contributed by atoms with Crippen molar-refractivity contribution in [3.8, 4) is 11.5 Å². The first-order valence-electron chi connectivity index (χ1n) is 3.82. The predicted octanol–water partition coefficient (Wildman–Crippen LogP) is 0.807. The number of carbonyl (C=O) groups excluding carboxylic acids is 1. The van der Waals surface area contributed by atoms with Crippen molar-refractivity contribution in [2.75, 3.05) is 7.11 Å². The average Bonchev–Trinajstić information content (AvgIpc) is 2.17. The molecule has 0 bridgehead atoms. The normalized spacial score (nSPS) is 9.73. The molecule has 80 valence electrons. The quantitative estimate of drug-likeness (QED) is 0.574. The number of carbonyl (C=O) groups is 2. The molecule has 0 atom stereocenters. The molecule has 0 saturated heterocycles. The van der Waals surface area contributed by atoms with Crippen molar-refractivity contribution in [2.45, 2.75) is 0 Å². The van der Waals surface area contributed by atoms with Crippen LogP contribution in [0.4, 0.5) is 4.39 Å². The number of aromatic hydroxyl groups is 1. The summed E-state index contributed by atoms with van der Waals surface area (Å²) in [6.45, 7) is 0. The molecule has 0 amide bonds. The van der Waals surface area contributed by atoms with Gasteiger partial charge < -0.3 is 14.9 Å². The molecule has 1 rings (SSSR count). The van der Waals surface area contributed by atoms with Crippen LogP contribution in [0.2, 0.25) is 0 Å². The zero-order valence-corrected chi connectivity index (χ0v) is 7.65. The summed E-state index contributed by atoms with van der Waals surface area (Å²) in [6, 6.07) is 1.72. The van der Waals surface area contributed by atoms with E-state index in [1.807, 2.05) is 0 Å². The Balaban J connectivity index is 3.34. The molecule has 1 aromatic carbocycles. The van der Waals surface area contributed by atoms with Gasteiger partial charge >= 0.3 is 5.97 Å². The fourth-order valence-electron chi connectivity index (χ4n) is 1.04. The highest BCUT2D eigenvalue weighted by Gasteiger charge is 2.22. The molecule has 0 spiro atoms. The van der Waals surface area contributed by atoms with Crippen molar-refractivity contribution in [2.24, 2.45) is 0 Å². The monoisotopic (exact) mass is 214 g/mol. The third-order valence-electron chi connectivity index (χ3n) is 1.73. The molecular weight excluding hydrogens is 207 g/mol. The summed E-state index contributed by atoms with van der Waals surface area (Å²) in [5.74, 6) is -5.31. The highest BCUT2D eigenvalue weighted by molar-refractivity contribution is 6.40. The maximum absolute atomic E-state index is 13.0. The number of carboxylic acid groups (broad SMARTS) is 1. The highest BCUT2D eigenvalue weighted by atomic mass is 19.1. The topological polar surface area (TPSA) is 83.8 Å². The van der Waals surface area contributed by atoms with Crippen molar-refractivity contribution in [1.82, 2.24) is 0 Å². The van der Waals surface area contributed by atoms with E-state index in [0.29, 0.717) is 0 Å². The first-order valence-corrected chi connectivity index (χ1v) is 3.82. The first kappa shape index (κ1) is 11.0. The van der Waals surface area contributed by atoms with E-state index in [4.69, 9.17) is 5.11 Å². The van der Waals surface area contributed by atoms with Gasteiger partial charge in [-0.2, -0.15) is 0 Å². The lowest BCUT2D eigenvalue weighted by Crippen LogP contribution is -2.13. The van der Waals surface area contributed by atoms with E-state index in [1.165, 1.54) is 0 Å². The smallest absolute Gasteiger partial charge is 0.377 e. The predicted molar refractivity (Wildman–Crippen MR) is 46.6 cm³/mol. The van der Waals surface area contributed by atoms with Gasteiger partial charge in [-0.05, 0) is 12.1 Å². The summed E-state index contributed by atoms with van der Waals surface area (Å²) in [4.78, 5) is 21.3. The van der Waals surface area contributed by atoms with Gasteiger partial charge in [0.25, 0.3) is 5.78 Å². The molecule has 5 nitrogen and oxygen atoms in total. The average molecular weight is 214 g/mol. The molecule has 1 aromatic rings. The maximum atomic E-state index is 13.0. The molecule has 0 aliphatic rings. The van der Waals surface area contributed by atoms with Crippen LogP contribution in [0.25, 0.3) is 0 Å². The number of halogens is 1. The molecule has 0 aromatic heterocycles. The summed E-state index contributed by atoms with van der Waals surface area (Å²) < 4.78 is 17.4. The largest absolute Gasteiger partial charge is 0.504 e. The third kappa shape index (κ3) is 1.88. The number of carboxylic acids is 1. The van der Waals surface area contributed by atoms with Crippen LogP contribution in [-0.2, 0) is 4.79 Å². The van der Waals surface area contributed by atoms with Crippen LogP contribution in [0.5, 0.6) is 11.5 Å². The number of aliphatic carboxylic acids is 1. The second kappa shape index (κ2) is 3.95. The van der Waals surface area contributed by atoms with Gasteiger partial charge in [0.05, 0.1) is 12.7 Å². The number of ether oxygens (including phenoxy) is 1. The van der Waals surface area contributed by atoms with Gasteiger partial charge in [-0.1, -0.05) is 0 Å². The van der Waals surface area contributed by atoms with Crippen molar-refractivity contribution in [3.05, 3.63) is 23.5 Å². The zero-order chi connectivity index (χ0) is 11.6. The van der Waals surface area contributed by atoms with Gasteiger partial charge in [0.1, 0.15) is 0 Å². The number of Topliss-reactive ketones (excluding diaryl/α,β-unsaturated/α-hetero) is 1. The fraction of sp³-hybridized carbons (Fsp3) is 0.111. The molecule has 6 heteroatoms. The Morgan fingerprint density at radius 2 is 2.00 bits per heavy atom. The number of benzene rings is 1. The Bertz CT molecular complexity index is 427. The number of phenols is 1. The van der Waals surface area contributed by atoms with Gasteiger partial charge in [-0.15, -0.1) is 0 Å². The molecule has 0 heterocycles. The fourth-order valence-corrected chi connectivity index (χ4v) is 1.04. The lowest BCUT2D eigenvalue weighted by Gasteiger charge is -2.07. The lowest BCUT2D eigenvalue weighted by atomic mass is 10.1. The second-order valence-corrected chi connectivity index (χ2v) is 2.61. The van der Waals surface area contributed by atoms with Crippen LogP contribution >= 0.6 is 0 Å². The van der Waals surface area contributed by atoms with E-state index in [0.717, 1.165) is 19.2 Å². The summed E-state index contributed by atoms with van der Waals surface area (Å²) in [5, 5.41) is 17.7. The lowest BCUT2D eigenvalue weighted by molar-refractivity contribution is -0.131. The summed E-state index contributed by atoms with van der Waals surface area (Å²) in [6.07, 6.45) is 0. The minimum absolute atomic E-state index is 0.513. The van der Waals surface area contributed by atoms with Gasteiger partial charge in [0, 0.05) is 0 Å². The van der Waals surface area contributed by atoms with Crippen molar-refractivity contribution < 1.29 is 28.9 Å². The Morgan fingerprint density at radius 1 is 1.40 bits per heavy atom. The number of hydrogen-bond donors (Lipinski definition) is 2. The van der Waals surface area contributed by atoms with Crippen LogP contribution in [0, 0.1) is 5.82 Å². The third-order valence-corrected chi connectivity index (χ3v) is 1.73. The molecule has 0 aliphatic carbocycles. The Labute approximate surface area is 83.7 Å². The molecular formula is C9H7FO5. The number of phenolic OH excluding ortho intramolecular Hbond substituents is 1. The minimum Gasteiger partial charge on any atom is -0.504 e. The second-order valence-electron chi connectivity index (χ2n) is 2.61. The number of rotatable bonds is 3. The molecule has 0 aliphatic heterocycles.